The van der Waals surface area contributed by atoms with E-state index in [1.807, 2.05) is 20.8 Å². The van der Waals surface area contributed by atoms with Gasteiger partial charge < -0.3 is 0 Å². The number of hydrogen-bond acceptors (Lipinski definition) is 6. The lowest BCUT2D eigenvalue weighted by Crippen LogP contribution is -2.19. The summed E-state index contributed by atoms with van der Waals surface area (Å²) in [5.74, 6) is -1.87. The van der Waals surface area contributed by atoms with Gasteiger partial charge in [0, 0.05) is 18.0 Å². The Morgan fingerprint density at radius 1 is 1.18 bits per heavy atom. The first-order valence-electron chi connectivity index (χ1n) is 9.87. The average molecular weight is 497 g/mol. The van der Waals surface area contributed by atoms with E-state index >= 15 is 0 Å². The van der Waals surface area contributed by atoms with E-state index in [9.17, 15) is 28.1 Å². The van der Waals surface area contributed by atoms with Crippen LogP contribution in [0, 0.1) is 17.0 Å². The van der Waals surface area contributed by atoms with Gasteiger partial charge in [-0.3, -0.25) is 24.9 Å². The summed E-state index contributed by atoms with van der Waals surface area (Å²) >= 11 is 6.37. The molecule has 0 aliphatic carbocycles. The molecule has 0 radical (unpaired) electrons. The molecule has 3 aromatic rings. The van der Waals surface area contributed by atoms with Crippen molar-refractivity contribution in [2.45, 2.75) is 39.3 Å². The topological polar surface area (TPSA) is 116 Å². The lowest BCUT2D eigenvalue weighted by Gasteiger charge is -2.15. The molecule has 34 heavy (non-hydrogen) atoms. The molecule has 2 heterocycles. The normalized spacial score (nSPS) is 12.0. The van der Waals surface area contributed by atoms with E-state index in [1.54, 1.807) is 0 Å². The highest BCUT2D eigenvalue weighted by Crippen LogP contribution is 2.38. The summed E-state index contributed by atoms with van der Waals surface area (Å²) in [5, 5.41) is 18.3. The number of carbonyl (C=O) groups is 1. The number of carbonyl (C=O) groups excluding carboxylic acids is 1. The van der Waals surface area contributed by atoms with Gasteiger partial charge >= 0.3 is 11.9 Å². The Balaban J connectivity index is 2.15. The Labute approximate surface area is 197 Å². The molecule has 0 aliphatic rings. The van der Waals surface area contributed by atoms with E-state index in [4.69, 9.17) is 11.6 Å². The lowest BCUT2D eigenvalue weighted by molar-refractivity contribution is -0.385. The number of anilines is 1. The second-order valence-electron chi connectivity index (χ2n) is 8.47. The molecular formula is C21H20ClF3N6O3. The maximum Gasteiger partial charge on any atom is 0.417 e. The third kappa shape index (κ3) is 4.72. The zero-order valence-corrected chi connectivity index (χ0v) is 19.5. The zero-order valence-electron chi connectivity index (χ0n) is 18.8. The van der Waals surface area contributed by atoms with E-state index in [2.05, 4.69) is 20.4 Å². The number of nitrogens with zero attached hydrogens (tertiary/aromatic N) is 5. The van der Waals surface area contributed by atoms with Crippen LogP contribution in [0.5, 0.6) is 0 Å². The summed E-state index contributed by atoms with van der Waals surface area (Å²) in [6, 6.07) is 4.54. The molecule has 0 spiro atoms. The van der Waals surface area contributed by atoms with Crippen LogP contribution in [0.1, 0.15) is 48.2 Å². The first kappa shape index (κ1) is 25.1. The number of rotatable bonds is 4. The van der Waals surface area contributed by atoms with Gasteiger partial charge in [-0.05, 0) is 13.0 Å². The van der Waals surface area contributed by atoms with Crippen LogP contribution in [0.25, 0.3) is 11.4 Å². The van der Waals surface area contributed by atoms with E-state index in [0.29, 0.717) is 5.69 Å². The van der Waals surface area contributed by atoms with Crippen LogP contribution in [0.2, 0.25) is 5.02 Å². The number of aryl methyl sites for hydroxylation is 2. The molecule has 3 rings (SSSR count). The maximum absolute atomic E-state index is 13.5. The predicted octanol–water partition coefficient (Wildman–Crippen LogP) is 5.32. The van der Waals surface area contributed by atoms with E-state index in [0.717, 1.165) is 12.1 Å². The molecular weight excluding hydrogens is 477 g/mol. The first-order chi connectivity index (χ1) is 15.6. The molecule has 2 aromatic heterocycles. The number of aromatic nitrogens is 4. The molecule has 1 N–H and O–H groups in total. The molecule has 1 aromatic carbocycles. The van der Waals surface area contributed by atoms with Gasteiger partial charge in [0.2, 0.25) is 5.82 Å². The van der Waals surface area contributed by atoms with Gasteiger partial charge in [0.15, 0.2) is 5.82 Å². The molecule has 180 valence electrons. The molecule has 0 aliphatic heterocycles. The number of nitrogens with one attached hydrogen (secondary N) is 1. The first-order valence-corrected chi connectivity index (χ1v) is 10.2. The van der Waals surface area contributed by atoms with E-state index in [-0.39, 0.29) is 16.4 Å². The SMILES string of the molecule is Cc1nc(-c2ccccc2C(F)(F)F)nc(NC(=O)c2c(Cl)c(C(C)(C)C)nn2C)c1[N+](=O)[O-]. The van der Waals surface area contributed by atoms with Gasteiger partial charge in [-0.1, -0.05) is 50.6 Å². The molecule has 0 unspecified atom stereocenters. The fraction of sp³-hybridized carbons (Fsp3) is 0.333. The molecule has 0 fully saturated rings. The second-order valence-corrected chi connectivity index (χ2v) is 8.85. The number of benzene rings is 1. The molecule has 0 bridgehead atoms. The summed E-state index contributed by atoms with van der Waals surface area (Å²) in [4.78, 5) is 31.7. The molecule has 9 nitrogen and oxygen atoms in total. The standard InChI is InChI=1S/C21H20ClF3N6O3/c1-10-14(31(33)34)18(27-17(26-10)11-8-6-7-9-12(11)21(23,24)25)28-19(32)15-13(22)16(20(2,3)4)29-30(15)5/h6-9H,1-5H3,(H,26,27,28,32). The van der Waals surface area contributed by atoms with Crippen LogP contribution in [0.3, 0.4) is 0 Å². The third-order valence-corrected chi connectivity index (χ3v) is 5.22. The molecule has 13 heteroatoms. The van der Waals surface area contributed by atoms with Crippen LogP contribution >= 0.6 is 11.6 Å². The quantitative estimate of drug-likeness (QED) is 0.386. The Morgan fingerprint density at radius 2 is 1.79 bits per heavy atom. The van der Waals surface area contributed by atoms with Crippen LogP contribution in [0.4, 0.5) is 24.7 Å². The predicted molar refractivity (Wildman–Crippen MR) is 119 cm³/mol. The highest BCUT2D eigenvalue weighted by Gasteiger charge is 2.35. The Hall–Kier alpha value is -3.54. The highest BCUT2D eigenvalue weighted by molar-refractivity contribution is 6.35. The number of alkyl halides is 3. The van der Waals surface area contributed by atoms with Crippen molar-refractivity contribution in [3.05, 3.63) is 62.0 Å². The van der Waals surface area contributed by atoms with Crippen LogP contribution in [-0.4, -0.2) is 30.6 Å². The van der Waals surface area contributed by atoms with Crippen molar-refractivity contribution in [3.63, 3.8) is 0 Å². The number of hydrogen-bond donors (Lipinski definition) is 1. The molecule has 1 amide bonds. The van der Waals surface area contributed by atoms with Crippen molar-refractivity contribution in [2.75, 3.05) is 5.32 Å². The highest BCUT2D eigenvalue weighted by atomic mass is 35.5. The Kier molecular flexibility index (Phi) is 6.40. The van der Waals surface area contributed by atoms with Gasteiger partial charge in [-0.2, -0.15) is 18.3 Å². The summed E-state index contributed by atoms with van der Waals surface area (Å²) < 4.78 is 41.7. The minimum absolute atomic E-state index is 0.0450. The zero-order chi connectivity index (χ0) is 25.6. The average Bonchev–Trinajstić information content (AvgIpc) is 3.01. The van der Waals surface area contributed by atoms with Crippen LogP contribution in [-0.2, 0) is 18.6 Å². The van der Waals surface area contributed by atoms with E-state index < -0.39 is 50.9 Å². The fourth-order valence-corrected chi connectivity index (χ4v) is 3.84. The van der Waals surface area contributed by atoms with Crippen molar-refractivity contribution in [1.82, 2.24) is 19.7 Å². The number of amides is 1. The van der Waals surface area contributed by atoms with Crippen molar-refractivity contribution in [3.8, 4) is 11.4 Å². The molecule has 0 saturated carbocycles. The van der Waals surface area contributed by atoms with Crippen LogP contribution in [0.15, 0.2) is 24.3 Å². The van der Waals surface area contributed by atoms with Gasteiger partial charge in [-0.25, -0.2) is 9.97 Å². The van der Waals surface area contributed by atoms with Crippen molar-refractivity contribution >= 4 is 29.0 Å². The Bertz CT molecular complexity index is 1300. The largest absolute Gasteiger partial charge is 0.417 e. The van der Waals surface area contributed by atoms with Crippen molar-refractivity contribution in [1.29, 1.82) is 0 Å². The van der Waals surface area contributed by atoms with Gasteiger partial charge in [0.25, 0.3) is 5.91 Å². The summed E-state index contributed by atoms with van der Waals surface area (Å²) in [6.45, 7) is 6.76. The van der Waals surface area contributed by atoms with Gasteiger partial charge in [0.1, 0.15) is 11.4 Å². The third-order valence-electron chi connectivity index (χ3n) is 4.86. The number of nitro groups is 1. The van der Waals surface area contributed by atoms with Crippen molar-refractivity contribution < 1.29 is 22.9 Å². The fourth-order valence-electron chi connectivity index (χ4n) is 3.31. The molecule has 0 atom stereocenters. The second kappa shape index (κ2) is 8.67. The minimum Gasteiger partial charge on any atom is -0.299 e. The maximum atomic E-state index is 13.5. The van der Waals surface area contributed by atoms with E-state index in [1.165, 1.54) is 30.8 Å². The number of halogens is 4. The molecule has 0 saturated heterocycles. The monoisotopic (exact) mass is 496 g/mol. The van der Waals surface area contributed by atoms with Crippen molar-refractivity contribution in [2.24, 2.45) is 7.05 Å². The van der Waals surface area contributed by atoms with Crippen LogP contribution < -0.4 is 5.32 Å². The summed E-state index contributed by atoms with van der Waals surface area (Å²) in [5.41, 5.74) is -2.46. The van der Waals surface area contributed by atoms with Gasteiger partial charge in [-0.15, -0.1) is 0 Å². The Morgan fingerprint density at radius 3 is 2.32 bits per heavy atom. The summed E-state index contributed by atoms with van der Waals surface area (Å²) in [6.07, 6.45) is -4.72. The summed E-state index contributed by atoms with van der Waals surface area (Å²) in [7, 11) is 1.47. The smallest absolute Gasteiger partial charge is 0.299 e. The van der Waals surface area contributed by atoms with Gasteiger partial charge in [0.05, 0.1) is 21.2 Å². The minimum atomic E-state index is -4.72. The lowest BCUT2D eigenvalue weighted by atomic mass is 9.92.